The predicted octanol–water partition coefficient (Wildman–Crippen LogP) is 3.78. The van der Waals surface area contributed by atoms with E-state index in [1.807, 2.05) is 17.5 Å². The number of imidazole rings is 1. The number of para-hydroxylation sites is 1. The molecule has 4 rings (SSSR count). The third-order valence-electron chi connectivity index (χ3n) is 5.08. The van der Waals surface area contributed by atoms with Crippen molar-refractivity contribution in [3.8, 4) is 0 Å². The molecule has 0 saturated carbocycles. The second kappa shape index (κ2) is 7.60. The van der Waals surface area contributed by atoms with Crippen molar-refractivity contribution in [2.75, 3.05) is 13.1 Å². The van der Waals surface area contributed by atoms with E-state index >= 15 is 0 Å². The molecular weight excluding hydrogens is 344 g/mol. The zero-order valence-electron chi connectivity index (χ0n) is 15.0. The molecule has 136 valence electrons. The summed E-state index contributed by atoms with van der Waals surface area (Å²) >= 11 is 1.67. The van der Waals surface area contributed by atoms with E-state index in [4.69, 9.17) is 4.98 Å². The van der Waals surface area contributed by atoms with E-state index in [2.05, 4.69) is 40.3 Å². The molecule has 1 aromatic carbocycles. The van der Waals surface area contributed by atoms with Crippen molar-refractivity contribution in [2.45, 2.75) is 38.8 Å². The Balaban J connectivity index is 1.37. The summed E-state index contributed by atoms with van der Waals surface area (Å²) in [7, 11) is 0. The van der Waals surface area contributed by atoms with Crippen molar-refractivity contribution in [3.63, 3.8) is 0 Å². The Kier molecular flexibility index (Phi) is 5.04. The molecule has 5 nitrogen and oxygen atoms in total. The number of benzene rings is 1. The summed E-state index contributed by atoms with van der Waals surface area (Å²) in [4.78, 5) is 24.1. The minimum atomic E-state index is 0.115. The van der Waals surface area contributed by atoms with Crippen LogP contribution in [0.4, 0.5) is 0 Å². The molecule has 1 aliphatic heterocycles. The van der Waals surface area contributed by atoms with E-state index < -0.39 is 0 Å². The van der Waals surface area contributed by atoms with Gasteiger partial charge in [-0.25, -0.2) is 4.98 Å². The number of aromatic amines is 1. The van der Waals surface area contributed by atoms with Gasteiger partial charge in [0.1, 0.15) is 5.82 Å². The Morgan fingerprint density at radius 3 is 3.12 bits per heavy atom. The Bertz CT molecular complexity index is 886. The molecule has 26 heavy (non-hydrogen) atoms. The molecule has 1 amide bonds. The van der Waals surface area contributed by atoms with Gasteiger partial charge in [-0.2, -0.15) is 0 Å². The van der Waals surface area contributed by atoms with Gasteiger partial charge in [-0.05, 0) is 49.4 Å². The van der Waals surface area contributed by atoms with Crippen molar-refractivity contribution in [3.05, 3.63) is 52.0 Å². The quantitative estimate of drug-likeness (QED) is 0.696. The molecule has 2 N–H and O–H groups in total. The van der Waals surface area contributed by atoms with Crippen LogP contribution in [-0.4, -0.2) is 33.9 Å². The van der Waals surface area contributed by atoms with Crippen molar-refractivity contribution >= 4 is 28.3 Å². The van der Waals surface area contributed by atoms with Crippen LogP contribution >= 0.6 is 11.3 Å². The van der Waals surface area contributed by atoms with Gasteiger partial charge in [0.2, 0.25) is 5.91 Å². The van der Waals surface area contributed by atoms with E-state index in [-0.39, 0.29) is 11.9 Å². The first-order chi connectivity index (χ1) is 12.7. The number of aromatic nitrogens is 2. The maximum Gasteiger partial charge on any atom is 0.221 e. The second-order valence-electron chi connectivity index (χ2n) is 6.89. The van der Waals surface area contributed by atoms with Gasteiger partial charge in [-0.3, -0.25) is 9.69 Å². The molecule has 1 saturated heterocycles. The number of hydrogen-bond acceptors (Lipinski definition) is 4. The summed E-state index contributed by atoms with van der Waals surface area (Å²) in [6.45, 7) is 4.52. The molecule has 0 spiro atoms. The number of nitrogens with one attached hydrogen (secondary N) is 2. The third kappa shape index (κ3) is 3.66. The second-order valence-corrected chi connectivity index (χ2v) is 7.93. The summed E-state index contributed by atoms with van der Waals surface area (Å²) in [5, 5.41) is 5.05. The SMILES string of the molecule is Cc1cccc2[nH]c([C@@H]3CCCN3CCC(=O)NCc3cccs3)nc12. The summed E-state index contributed by atoms with van der Waals surface area (Å²) in [6, 6.07) is 10.6. The Labute approximate surface area is 157 Å². The molecule has 0 bridgehead atoms. The molecule has 1 atom stereocenters. The highest BCUT2D eigenvalue weighted by atomic mass is 32.1. The lowest BCUT2D eigenvalue weighted by Gasteiger charge is -2.22. The maximum absolute atomic E-state index is 12.2. The van der Waals surface area contributed by atoms with Gasteiger partial charge >= 0.3 is 0 Å². The molecule has 3 aromatic rings. The van der Waals surface area contributed by atoms with E-state index in [0.29, 0.717) is 13.0 Å². The Morgan fingerprint density at radius 1 is 1.38 bits per heavy atom. The van der Waals surface area contributed by atoms with Crippen molar-refractivity contribution in [2.24, 2.45) is 0 Å². The average Bonchev–Trinajstić information content (AvgIpc) is 3.37. The molecule has 1 fully saturated rings. The number of H-pyrrole nitrogens is 1. The van der Waals surface area contributed by atoms with E-state index in [1.54, 1.807) is 11.3 Å². The number of nitrogens with zero attached hydrogens (tertiary/aromatic N) is 2. The molecular formula is C20H24N4OS. The number of rotatable bonds is 6. The molecule has 2 aromatic heterocycles. The highest BCUT2D eigenvalue weighted by Gasteiger charge is 2.28. The molecule has 6 heteroatoms. The van der Waals surface area contributed by atoms with Gasteiger partial charge in [0.25, 0.3) is 0 Å². The first-order valence-electron chi connectivity index (χ1n) is 9.19. The van der Waals surface area contributed by atoms with Gasteiger partial charge in [0.05, 0.1) is 23.6 Å². The van der Waals surface area contributed by atoms with Gasteiger partial charge in [0.15, 0.2) is 0 Å². The number of carbonyl (C=O) groups excluding carboxylic acids is 1. The molecule has 0 radical (unpaired) electrons. The lowest BCUT2D eigenvalue weighted by molar-refractivity contribution is -0.121. The summed E-state index contributed by atoms with van der Waals surface area (Å²) in [5.74, 6) is 1.15. The normalized spacial score (nSPS) is 17.8. The van der Waals surface area contributed by atoms with Crippen molar-refractivity contribution in [1.82, 2.24) is 20.2 Å². The third-order valence-corrected chi connectivity index (χ3v) is 5.95. The van der Waals surface area contributed by atoms with Gasteiger partial charge < -0.3 is 10.3 Å². The number of hydrogen-bond donors (Lipinski definition) is 2. The number of aryl methyl sites for hydroxylation is 1. The minimum absolute atomic E-state index is 0.115. The largest absolute Gasteiger partial charge is 0.351 e. The van der Waals surface area contributed by atoms with Gasteiger partial charge in [-0.15, -0.1) is 11.3 Å². The number of carbonyl (C=O) groups is 1. The highest BCUT2D eigenvalue weighted by molar-refractivity contribution is 7.09. The number of amides is 1. The van der Waals surface area contributed by atoms with Crippen LogP contribution in [0.15, 0.2) is 35.7 Å². The fourth-order valence-corrected chi connectivity index (χ4v) is 4.33. The zero-order chi connectivity index (χ0) is 17.9. The topological polar surface area (TPSA) is 61.0 Å². The lowest BCUT2D eigenvalue weighted by atomic mass is 10.2. The highest BCUT2D eigenvalue weighted by Crippen LogP contribution is 2.31. The van der Waals surface area contributed by atoms with E-state index in [9.17, 15) is 4.79 Å². The van der Waals surface area contributed by atoms with Crippen LogP contribution in [0.3, 0.4) is 0 Å². The Hall–Kier alpha value is -2.18. The fraction of sp³-hybridized carbons (Fsp3) is 0.400. The first-order valence-corrected chi connectivity index (χ1v) is 10.1. The van der Waals surface area contributed by atoms with Crippen LogP contribution in [-0.2, 0) is 11.3 Å². The summed E-state index contributed by atoms with van der Waals surface area (Å²) < 4.78 is 0. The number of likely N-dealkylation sites (tertiary alicyclic amines) is 1. The maximum atomic E-state index is 12.2. The van der Waals surface area contributed by atoms with Crippen LogP contribution in [0.2, 0.25) is 0 Å². The van der Waals surface area contributed by atoms with E-state index in [1.165, 1.54) is 10.4 Å². The minimum Gasteiger partial charge on any atom is -0.351 e. The fourth-order valence-electron chi connectivity index (χ4n) is 3.69. The van der Waals surface area contributed by atoms with Gasteiger partial charge in [-0.1, -0.05) is 18.2 Å². The lowest BCUT2D eigenvalue weighted by Crippen LogP contribution is -2.30. The number of fused-ring (bicyclic) bond motifs is 1. The summed E-state index contributed by atoms with van der Waals surface area (Å²) in [6.07, 6.45) is 2.77. The van der Waals surface area contributed by atoms with Crippen molar-refractivity contribution in [1.29, 1.82) is 0 Å². The van der Waals surface area contributed by atoms with Gasteiger partial charge in [0, 0.05) is 17.8 Å². The van der Waals surface area contributed by atoms with E-state index in [0.717, 1.165) is 42.8 Å². The summed E-state index contributed by atoms with van der Waals surface area (Å²) in [5.41, 5.74) is 3.35. The molecule has 3 heterocycles. The average molecular weight is 369 g/mol. The monoisotopic (exact) mass is 368 g/mol. The Morgan fingerprint density at radius 2 is 2.31 bits per heavy atom. The molecule has 0 aliphatic carbocycles. The van der Waals surface area contributed by atoms with Crippen LogP contribution < -0.4 is 5.32 Å². The standard InChI is InChI=1S/C20H24N4OS/c1-14-5-2-7-16-19(14)23-20(22-16)17-8-3-10-24(17)11-9-18(25)21-13-15-6-4-12-26-15/h2,4-7,12,17H,3,8-11,13H2,1H3,(H,21,25)(H,22,23)/t17-/m0/s1. The van der Waals surface area contributed by atoms with Crippen LogP contribution in [0.5, 0.6) is 0 Å². The smallest absolute Gasteiger partial charge is 0.221 e. The number of thiophene rings is 1. The predicted molar refractivity (Wildman–Crippen MR) is 105 cm³/mol. The van der Waals surface area contributed by atoms with Crippen LogP contribution in [0.1, 0.15) is 41.6 Å². The zero-order valence-corrected chi connectivity index (χ0v) is 15.8. The first kappa shape index (κ1) is 17.2. The van der Waals surface area contributed by atoms with Crippen molar-refractivity contribution < 1.29 is 4.79 Å². The van der Waals surface area contributed by atoms with Crippen LogP contribution in [0.25, 0.3) is 11.0 Å². The van der Waals surface area contributed by atoms with Crippen LogP contribution in [0, 0.1) is 6.92 Å². The molecule has 0 unspecified atom stereocenters. The molecule has 1 aliphatic rings.